The minimum atomic E-state index is -0.0925. The summed E-state index contributed by atoms with van der Waals surface area (Å²) in [5, 5.41) is 13.4. The Hall–Kier alpha value is -0.920. The maximum Gasteiger partial charge on any atom is 0.176 e. The number of fused-ring (bicyclic) bond motifs is 1. The molecule has 0 aliphatic heterocycles. The summed E-state index contributed by atoms with van der Waals surface area (Å²) in [7, 11) is 0. The summed E-state index contributed by atoms with van der Waals surface area (Å²) in [6.45, 7) is 0.877. The highest BCUT2D eigenvalue weighted by atomic mass is 32.2. The predicted octanol–water partition coefficient (Wildman–Crippen LogP) is 3.55. The number of rotatable bonds is 6. The molecule has 0 radical (unpaired) electrons. The number of hydrogen-bond donors (Lipinski definition) is 2. The largest absolute Gasteiger partial charge is 0.393 e. The van der Waals surface area contributed by atoms with E-state index >= 15 is 0 Å². The lowest BCUT2D eigenvalue weighted by Gasteiger charge is -2.27. The molecular weight excluding hydrogens is 316 g/mol. The second-order valence-electron chi connectivity index (χ2n) is 5.74. The van der Waals surface area contributed by atoms with Crippen molar-refractivity contribution in [2.45, 2.75) is 49.0 Å². The van der Waals surface area contributed by atoms with Gasteiger partial charge in [-0.25, -0.2) is 15.0 Å². The van der Waals surface area contributed by atoms with Gasteiger partial charge in [0.15, 0.2) is 9.99 Å². The summed E-state index contributed by atoms with van der Waals surface area (Å²) < 4.78 is 2.05. The standard InChI is InChI=1S/C15H22N4OS2/c1-21-15-19-14-12(22-15)13(17-9-18-14)16-8-4-6-10-5-2-3-7-11(10)20/h9-11,20H,2-8H2,1H3,(H,16,17,18). The van der Waals surface area contributed by atoms with Crippen LogP contribution in [0.2, 0.25) is 0 Å². The Bertz CT molecular complexity index is 619. The lowest BCUT2D eigenvalue weighted by atomic mass is 9.83. The fourth-order valence-electron chi connectivity index (χ4n) is 3.04. The first-order chi connectivity index (χ1) is 10.8. The van der Waals surface area contributed by atoms with Crippen LogP contribution >= 0.6 is 23.1 Å². The van der Waals surface area contributed by atoms with Crippen molar-refractivity contribution in [1.29, 1.82) is 0 Å². The van der Waals surface area contributed by atoms with Crippen LogP contribution in [0.5, 0.6) is 0 Å². The molecule has 1 saturated carbocycles. The van der Waals surface area contributed by atoms with Crippen molar-refractivity contribution in [1.82, 2.24) is 15.0 Å². The first-order valence-electron chi connectivity index (χ1n) is 7.85. The molecule has 2 heterocycles. The van der Waals surface area contributed by atoms with Crippen LogP contribution in [0, 0.1) is 5.92 Å². The maximum atomic E-state index is 10.0. The summed E-state index contributed by atoms with van der Waals surface area (Å²) in [4.78, 5) is 13.0. The molecule has 2 aromatic heterocycles. The van der Waals surface area contributed by atoms with Crippen LogP contribution < -0.4 is 5.32 Å². The van der Waals surface area contributed by atoms with E-state index < -0.39 is 0 Å². The molecule has 0 bridgehead atoms. The van der Waals surface area contributed by atoms with Gasteiger partial charge in [-0.15, -0.1) is 11.3 Å². The second-order valence-corrected chi connectivity index (χ2v) is 7.79. The summed E-state index contributed by atoms with van der Waals surface area (Å²) in [5.74, 6) is 1.36. The molecule has 1 aliphatic carbocycles. The Kier molecular flexibility index (Phi) is 5.49. The van der Waals surface area contributed by atoms with Crippen LogP contribution in [-0.4, -0.2) is 39.0 Å². The van der Waals surface area contributed by atoms with E-state index in [2.05, 4.69) is 20.3 Å². The molecule has 2 N–H and O–H groups in total. The molecule has 5 nitrogen and oxygen atoms in total. The Balaban J connectivity index is 1.54. The third-order valence-electron chi connectivity index (χ3n) is 4.26. The lowest BCUT2D eigenvalue weighted by molar-refractivity contribution is 0.0648. The van der Waals surface area contributed by atoms with E-state index in [1.807, 2.05) is 6.26 Å². The van der Waals surface area contributed by atoms with Crippen molar-refractivity contribution in [3.8, 4) is 0 Å². The third kappa shape index (κ3) is 3.70. The monoisotopic (exact) mass is 338 g/mol. The summed E-state index contributed by atoms with van der Waals surface area (Å²) in [5.41, 5.74) is 0.773. The highest BCUT2D eigenvalue weighted by Crippen LogP contribution is 2.31. The molecule has 2 unspecified atom stereocenters. The molecule has 0 spiro atoms. The highest BCUT2D eigenvalue weighted by Gasteiger charge is 2.22. The quantitative estimate of drug-likeness (QED) is 0.620. The molecule has 120 valence electrons. The van der Waals surface area contributed by atoms with Crippen LogP contribution in [0.4, 0.5) is 5.82 Å². The first kappa shape index (κ1) is 16.0. The number of hydrogen-bond acceptors (Lipinski definition) is 7. The van der Waals surface area contributed by atoms with Gasteiger partial charge in [-0.05, 0) is 37.9 Å². The average Bonchev–Trinajstić information content (AvgIpc) is 2.97. The van der Waals surface area contributed by atoms with Gasteiger partial charge in [0.2, 0.25) is 0 Å². The number of aromatic nitrogens is 3. The normalized spacial score (nSPS) is 22.1. The Morgan fingerprint density at radius 3 is 3.05 bits per heavy atom. The van der Waals surface area contributed by atoms with E-state index in [0.29, 0.717) is 5.92 Å². The predicted molar refractivity (Wildman–Crippen MR) is 92.7 cm³/mol. The molecule has 3 rings (SSSR count). The molecule has 22 heavy (non-hydrogen) atoms. The van der Waals surface area contributed by atoms with Crippen LogP contribution in [0.1, 0.15) is 38.5 Å². The van der Waals surface area contributed by atoms with E-state index in [0.717, 1.165) is 46.3 Å². The first-order valence-corrected chi connectivity index (χ1v) is 9.89. The van der Waals surface area contributed by atoms with Crippen molar-refractivity contribution in [2.24, 2.45) is 5.92 Å². The van der Waals surface area contributed by atoms with Crippen LogP contribution in [0.15, 0.2) is 10.7 Å². The Morgan fingerprint density at radius 1 is 1.36 bits per heavy atom. The molecular formula is C15H22N4OS2. The summed E-state index contributed by atoms with van der Waals surface area (Å²) >= 11 is 3.27. The Morgan fingerprint density at radius 2 is 2.23 bits per heavy atom. The molecule has 1 aliphatic rings. The van der Waals surface area contributed by atoms with Gasteiger partial charge in [-0.1, -0.05) is 24.6 Å². The average molecular weight is 339 g/mol. The van der Waals surface area contributed by atoms with Gasteiger partial charge in [0.1, 0.15) is 16.8 Å². The number of aliphatic hydroxyl groups is 1. The van der Waals surface area contributed by atoms with Crippen molar-refractivity contribution in [2.75, 3.05) is 18.1 Å². The number of anilines is 1. The van der Waals surface area contributed by atoms with Crippen LogP contribution in [0.25, 0.3) is 10.3 Å². The number of nitrogens with one attached hydrogen (secondary N) is 1. The molecule has 7 heteroatoms. The molecule has 2 aromatic rings. The van der Waals surface area contributed by atoms with Gasteiger partial charge in [-0.3, -0.25) is 0 Å². The number of thiazole rings is 1. The van der Waals surface area contributed by atoms with Gasteiger partial charge in [0, 0.05) is 6.54 Å². The van der Waals surface area contributed by atoms with Gasteiger partial charge in [0.05, 0.1) is 6.10 Å². The number of aliphatic hydroxyl groups excluding tert-OH is 1. The zero-order valence-corrected chi connectivity index (χ0v) is 14.4. The maximum absolute atomic E-state index is 10.0. The molecule has 2 atom stereocenters. The minimum Gasteiger partial charge on any atom is -0.393 e. The van der Waals surface area contributed by atoms with Gasteiger partial charge < -0.3 is 10.4 Å². The van der Waals surface area contributed by atoms with Crippen molar-refractivity contribution in [3.05, 3.63) is 6.33 Å². The van der Waals surface area contributed by atoms with E-state index in [-0.39, 0.29) is 6.10 Å². The van der Waals surface area contributed by atoms with Crippen molar-refractivity contribution in [3.63, 3.8) is 0 Å². The molecule has 1 fully saturated rings. The van der Waals surface area contributed by atoms with E-state index in [9.17, 15) is 5.11 Å². The fourth-order valence-corrected chi connectivity index (χ4v) is 4.52. The number of thioether (sulfide) groups is 1. The third-order valence-corrected chi connectivity index (χ3v) is 6.30. The van der Waals surface area contributed by atoms with Crippen LogP contribution in [0.3, 0.4) is 0 Å². The van der Waals surface area contributed by atoms with Gasteiger partial charge >= 0.3 is 0 Å². The zero-order chi connectivity index (χ0) is 15.4. The number of nitrogens with zero attached hydrogens (tertiary/aromatic N) is 3. The lowest BCUT2D eigenvalue weighted by Crippen LogP contribution is -2.24. The topological polar surface area (TPSA) is 70.9 Å². The van der Waals surface area contributed by atoms with E-state index in [1.165, 1.54) is 19.3 Å². The van der Waals surface area contributed by atoms with E-state index in [1.54, 1.807) is 29.4 Å². The Labute approximate surface area is 139 Å². The molecule has 0 saturated heterocycles. The van der Waals surface area contributed by atoms with Crippen LogP contribution in [-0.2, 0) is 0 Å². The van der Waals surface area contributed by atoms with Gasteiger partial charge in [-0.2, -0.15) is 0 Å². The fraction of sp³-hybridized carbons (Fsp3) is 0.667. The zero-order valence-electron chi connectivity index (χ0n) is 12.8. The van der Waals surface area contributed by atoms with Crippen molar-refractivity contribution >= 4 is 39.3 Å². The second kappa shape index (κ2) is 7.57. The molecule has 0 aromatic carbocycles. The summed E-state index contributed by atoms with van der Waals surface area (Å²) in [6.07, 6.45) is 10.2. The van der Waals surface area contributed by atoms with E-state index in [4.69, 9.17) is 0 Å². The highest BCUT2D eigenvalue weighted by molar-refractivity contribution is 8.00. The van der Waals surface area contributed by atoms with Crippen molar-refractivity contribution < 1.29 is 5.11 Å². The SMILES string of the molecule is CSc1nc2ncnc(NCCCC3CCCCC3O)c2s1. The van der Waals surface area contributed by atoms with Gasteiger partial charge in [0.25, 0.3) is 0 Å². The minimum absolute atomic E-state index is 0.0925. The smallest absolute Gasteiger partial charge is 0.176 e. The summed E-state index contributed by atoms with van der Waals surface area (Å²) in [6, 6.07) is 0. The molecule has 0 amide bonds.